The van der Waals surface area contributed by atoms with E-state index in [1.165, 1.54) is 36.4 Å². The molecule has 0 saturated heterocycles. The average molecular weight is 432 g/mol. The van der Waals surface area contributed by atoms with Gasteiger partial charge in [0, 0.05) is 23.3 Å². The van der Waals surface area contributed by atoms with E-state index in [-0.39, 0.29) is 28.9 Å². The van der Waals surface area contributed by atoms with Gasteiger partial charge in [0.2, 0.25) is 0 Å². The van der Waals surface area contributed by atoms with E-state index in [1.54, 1.807) is 6.07 Å². The number of Topliss-reactive ketones (excluding diaryl/α,β-unsaturated/α-hetero) is 1. The van der Waals surface area contributed by atoms with Gasteiger partial charge in [0.15, 0.2) is 5.78 Å². The highest BCUT2D eigenvalue weighted by atomic mass is 19.4. The Labute approximate surface area is 176 Å². The van der Waals surface area contributed by atoms with Crippen molar-refractivity contribution in [3.8, 4) is 0 Å². The number of nitrogens with zero attached hydrogens (tertiary/aromatic N) is 1. The molecular formula is C23H20F4N2O2. The van der Waals surface area contributed by atoms with Crippen LogP contribution >= 0.6 is 0 Å². The number of para-hydroxylation sites is 2. The summed E-state index contributed by atoms with van der Waals surface area (Å²) in [4.78, 5) is 26.4. The van der Waals surface area contributed by atoms with Crippen LogP contribution in [0.15, 0.2) is 59.8 Å². The molecule has 1 aliphatic carbocycles. The Balaban J connectivity index is 2.06. The first-order valence-corrected chi connectivity index (χ1v) is 9.77. The van der Waals surface area contributed by atoms with E-state index in [1.807, 2.05) is 13.8 Å². The minimum absolute atomic E-state index is 0.0155. The van der Waals surface area contributed by atoms with Crippen LogP contribution in [0.25, 0.3) is 0 Å². The van der Waals surface area contributed by atoms with Crippen LogP contribution in [0.5, 0.6) is 0 Å². The van der Waals surface area contributed by atoms with Gasteiger partial charge in [0.05, 0.1) is 17.4 Å². The molecule has 31 heavy (non-hydrogen) atoms. The van der Waals surface area contributed by atoms with E-state index in [2.05, 4.69) is 5.32 Å². The molecule has 0 bridgehead atoms. The Morgan fingerprint density at radius 1 is 1.06 bits per heavy atom. The molecule has 1 heterocycles. The van der Waals surface area contributed by atoms with Crippen molar-refractivity contribution in [1.82, 2.24) is 0 Å². The summed E-state index contributed by atoms with van der Waals surface area (Å²) in [5.74, 6) is -3.38. The third-order valence-electron chi connectivity index (χ3n) is 5.56. The van der Waals surface area contributed by atoms with Crippen molar-refractivity contribution in [2.75, 3.05) is 10.2 Å². The van der Waals surface area contributed by atoms with Crippen molar-refractivity contribution < 1.29 is 27.2 Å². The van der Waals surface area contributed by atoms with E-state index in [0.29, 0.717) is 17.0 Å². The Bertz CT molecular complexity index is 1100. The van der Waals surface area contributed by atoms with Gasteiger partial charge in [-0.2, -0.15) is 13.2 Å². The fraction of sp³-hybridized carbons (Fsp3) is 0.304. The number of nitrogens with one attached hydrogen (secondary N) is 1. The van der Waals surface area contributed by atoms with E-state index < -0.39 is 35.1 Å². The second kappa shape index (κ2) is 7.21. The zero-order valence-electron chi connectivity index (χ0n) is 16.9. The lowest BCUT2D eigenvalue weighted by molar-refractivity contribution is -0.170. The molecular weight excluding hydrogens is 412 g/mol. The van der Waals surface area contributed by atoms with Crippen molar-refractivity contribution in [3.05, 3.63) is 71.2 Å². The first-order valence-electron chi connectivity index (χ1n) is 9.77. The molecule has 2 aromatic carbocycles. The highest BCUT2D eigenvalue weighted by molar-refractivity contribution is 6.07. The first kappa shape index (κ1) is 21.1. The number of allylic oxidation sites excluding steroid dienone is 1. The smallest absolute Gasteiger partial charge is 0.357 e. The van der Waals surface area contributed by atoms with Gasteiger partial charge in [-0.05, 0) is 30.0 Å². The van der Waals surface area contributed by atoms with Crippen LogP contribution in [0.3, 0.4) is 0 Å². The summed E-state index contributed by atoms with van der Waals surface area (Å²) >= 11 is 0. The number of hydrogen-bond donors (Lipinski definition) is 1. The number of benzene rings is 2. The maximum Gasteiger partial charge on any atom is 0.471 e. The van der Waals surface area contributed by atoms with E-state index in [9.17, 15) is 27.2 Å². The molecule has 1 atom stereocenters. The SMILES string of the molecule is CC1(C)CC(=O)C2=C(C1)Nc1ccccc1N(C(=O)C(F)(F)F)[C@@H]2c1ccccc1F. The molecule has 0 radical (unpaired) electrons. The minimum atomic E-state index is -5.22. The molecule has 0 fully saturated rings. The highest BCUT2D eigenvalue weighted by Crippen LogP contribution is 2.49. The highest BCUT2D eigenvalue weighted by Gasteiger charge is 2.50. The molecule has 4 rings (SSSR count). The number of anilines is 2. The molecule has 0 saturated carbocycles. The van der Waals surface area contributed by atoms with Crippen LogP contribution in [0.1, 0.15) is 38.3 Å². The van der Waals surface area contributed by atoms with Crippen LogP contribution in [-0.4, -0.2) is 17.9 Å². The van der Waals surface area contributed by atoms with Crippen LogP contribution in [0.4, 0.5) is 28.9 Å². The van der Waals surface area contributed by atoms with E-state index >= 15 is 0 Å². The van der Waals surface area contributed by atoms with Crippen LogP contribution < -0.4 is 10.2 Å². The maximum atomic E-state index is 14.9. The summed E-state index contributed by atoms with van der Waals surface area (Å²) in [5, 5.41) is 3.08. The fourth-order valence-corrected chi connectivity index (χ4v) is 4.34. The normalized spacial score (nSPS) is 20.5. The molecule has 0 unspecified atom stereocenters. The monoisotopic (exact) mass is 432 g/mol. The first-order chi connectivity index (χ1) is 14.5. The van der Waals surface area contributed by atoms with Crippen molar-refractivity contribution in [1.29, 1.82) is 0 Å². The number of alkyl halides is 3. The van der Waals surface area contributed by atoms with Crippen molar-refractivity contribution in [2.45, 2.75) is 38.9 Å². The Hall–Kier alpha value is -3.16. The predicted octanol–water partition coefficient (Wildman–Crippen LogP) is 5.53. The van der Waals surface area contributed by atoms with Gasteiger partial charge >= 0.3 is 12.1 Å². The molecule has 1 aliphatic heterocycles. The average Bonchev–Trinajstić information content (AvgIpc) is 2.80. The molecule has 162 valence electrons. The van der Waals surface area contributed by atoms with Gasteiger partial charge in [-0.3, -0.25) is 14.5 Å². The van der Waals surface area contributed by atoms with Crippen molar-refractivity contribution in [2.24, 2.45) is 5.41 Å². The van der Waals surface area contributed by atoms with Crippen molar-refractivity contribution in [3.63, 3.8) is 0 Å². The zero-order valence-corrected chi connectivity index (χ0v) is 16.9. The fourth-order valence-electron chi connectivity index (χ4n) is 4.34. The third kappa shape index (κ3) is 3.71. The number of ketones is 1. The predicted molar refractivity (Wildman–Crippen MR) is 108 cm³/mol. The lowest BCUT2D eigenvalue weighted by atomic mass is 9.73. The number of amides is 1. The molecule has 2 aromatic rings. The lowest BCUT2D eigenvalue weighted by Crippen LogP contribution is -2.45. The summed E-state index contributed by atoms with van der Waals surface area (Å²) in [6, 6.07) is 9.73. The van der Waals surface area contributed by atoms with Gasteiger partial charge in [-0.25, -0.2) is 4.39 Å². The molecule has 2 aliphatic rings. The summed E-state index contributed by atoms with van der Waals surface area (Å²) in [5.41, 5.74) is -0.0484. The Morgan fingerprint density at radius 3 is 2.39 bits per heavy atom. The zero-order chi connectivity index (χ0) is 22.6. The van der Waals surface area contributed by atoms with E-state index in [0.717, 1.165) is 6.07 Å². The molecule has 0 spiro atoms. The molecule has 1 N–H and O–H groups in total. The third-order valence-corrected chi connectivity index (χ3v) is 5.56. The second-order valence-electron chi connectivity index (χ2n) is 8.57. The van der Waals surface area contributed by atoms with Crippen LogP contribution in [-0.2, 0) is 9.59 Å². The van der Waals surface area contributed by atoms with Crippen LogP contribution in [0.2, 0.25) is 0 Å². The summed E-state index contributed by atoms with van der Waals surface area (Å²) in [6.07, 6.45) is -4.79. The second-order valence-corrected chi connectivity index (χ2v) is 8.57. The number of fused-ring (bicyclic) bond motifs is 1. The molecule has 8 heteroatoms. The number of carbonyl (C=O) groups excluding carboxylic acids is 2. The molecule has 1 amide bonds. The summed E-state index contributed by atoms with van der Waals surface area (Å²) in [6.45, 7) is 3.76. The quantitative estimate of drug-likeness (QED) is 0.603. The number of rotatable bonds is 1. The standard InChI is InChI=1S/C23H20F4N2O2/c1-22(2)11-16-19(18(30)12-22)20(13-7-3-4-8-14(13)24)29(21(31)23(25,26)27)17-10-6-5-9-15(17)28-16/h3-10,20,28H,11-12H2,1-2H3/t20-/m1/s1. The Morgan fingerprint density at radius 2 is 1.71 bits per heavy atom. The van der Waals surface area contributed by atoms with Gasteiger partial charge in [0.1, 0.15) is 5.82 Å². The van der Waals surface area contributed by atoms with Gasteiger partial charge < -0.3 is 5.32 Å². The lowest BCUT2D eigenvalue weighted by Gasteiger charge is -2.37. The topological polar surface area (TPSA) is 49.4 Å². The molecule has 4 nitrogen and oxygen atoms in total. The number of carbonyl (C=O) groups is 2. The largest absolute Gasteiger partial charge is 0.471 e. The van der Waals surface area contributed by atoms with Crippen LogP contribution in [0, 0.1) is 11.2 Å². The number of hydrogen-bond acceptors (Lipinski definition) is 3. The van der Waals surface area contributed by atoms with Crippen molar-refractivity contribution >= 4 is 23.1 Å². The van der Waals surface area contributed by atoms with Gasteiger partial charge in [-0.1, -0.05) is 44.2 Å². The molecule has 0 aromatic heterocycles. The maximum absolute atomic E-state index is 14.9. The minimum Gasteiger partial charge on any atom is -0.357 e. The number of halogens is 4. The van der Waals surface area contributed by atoms with Gasteiger partial charge in [0.25, 0.3) is 0 Å². The summed E-state index contributed by atoms with van der Waals surface area (Å²) in [7, 11) is 0. The van der Waals surface area contributed by atoms with E-state index in [4.69, 9.17) is 0 Å². The summed E-state index contributed by atoms with van der Waals surface area (Å²) < 4.78 is 55.9. The van der Waals surface area contributed by atoms with Gasteiger partial charge in [-0.15, -0.1) is 0 Å². The Kier molecular flexibility index (Phi) is 4.91.